The van der Waals surface area contributed by atoms with Crippen molar-refractivity contribution in [1.82, 2.24) is 9.97 Å². The zero-order valence-electron chi connectivity index (χ0n) is 12.6. The Morgan fingerprint density at radius 2 is 2.04 bits per heavy atom. The Kier molecular flexibility index (Phi) is 3.83. The van der Waals surface area contributed by atoms with Gasteiger partial charge in [-0.25, -0.2) is 14.4 Å². The van der Waals surface area contributed by atoms with Crippen molar-refractivity contribution in [3.63, 3.8) is 0 Å². The first-order valence-corrected chi connectivity index (χ1v) is 8.58. The van der Waals surface area contributed by atoms with Crippen molar-refractivity contribution in [1.29, 1.82) is 0 Å². The van der Waals surface area contributed by atoms with E-state index >= 15 is 0 Å². The van der Waals surface area contributed by atoms with Crippen LogP contribution in [0.5, 0.6) is 0 Å². The molecule has 0 aliphatic carbocycles. The molecule has 1 saturated heterocycles. The highest BCUT2D eigenvalue weighted by Crippen LogP contribution is 2.28. The first kappa shape index (κ1) is 14.4. The van der Waals surface area contributed by atoms with Gasteiger partial charge in [0.2, 0.25) is 0 Å². The number of rotatable bonds is 3. The summed E-state index contributed by atoms with van der Waals surface area (Å²) in [7, 11) is 0. The van der Waals surface area contributed by atoms with E-state index in [-0.39, 0.29) is 5.82 Å². The van der Waals surface area contributed by atoms with E-state index < -0.39 is 0 Å². The molecule has 118 valence electrons. The number of halogens is 1. The topological polar surface area (TPSA) is 41.1 Å². The van der Waals surface area contributed by atoms with Gasteiger partial charge in [-0.1, -0.05) is 17.4 Å². The fraction of sp³-hybridized carbons (Fsp3) is 0.294. The lowest BCUT2D eigenvalue weighted by molar-refractivity contribution is 0.523. The van der Waals surface area contributed by atoms with Crippen LogP contribution in [0.1, 0.15) is 12.8 Å². The maximum atomic E-state index is 13.3. The molecule has 1 aliphatic heterocycles. The third kappa shape index (κ3) is 3.12. The van der Waals surface area contributed by atoms with Gasteiger partial charge in [0.15, 0.2) is 5.13 Å². The third-order valence-corrected chi connectivity index (χ3v) is 5.10. The Labute approximate surface area is 138 Å². The molecule has 3 aromatic rings. The normalized spacial score (nSPS) is 16.0. The summed E-state index contributed by atoms with van der Waals surface area (Å²) >= 11 is 1.51. The Morgan fingerprint density at radius 1 is 1.17 bits per heavy atom. The molecule has 3 heterocycles. The number of piperidine rings is 1. The number of fused-ring (bicyclic) bond motifs is 1. The molecule has 0 radical (unpaired) electrons. The summed E-state index contributed by atoms with van der Waals surface area (Å²) in [4.78, 5) is 11.3. The number of thiazole rings is 1. The number of pyridine rings is 1. The summed E-state index contributed by atoms with van der Waals surface area (Å²) in [6, 6.07) is 11.1. The minimum absolute atomic E-state index is 0.212. The molecule has 1 fully saturated rings. The lowest BCUT2D eigenvalue weighted by atomic mass is 10.1. The van der Waals surface area contributed by atoms with Crippen LogP contribution in [0.15, 0.2) is 42.6 Å². The Morgan fingerprint density at radius 3 is 2.83 bits per heavy atom. The van der Waals surface area contributed by atoms with Gasteiger partial charge in [0.05, 0.1) is 10.2 Å². The number of anilines is 2. The van der Waals surface area contributed by atoms with Crippen LogP contribution in [0.2, 0.25) is 0 Å². The van der Waals surface area contributed by atoms with E-state index in [1.807, 2.05) is 18.3 Å². The summed E-state index contributed by atoms with van der Waals surface area (Å²) in [5, 5.41) is 4.38. The summed E-state index contributed by atoms with van der Waals surface area (Å²) in [5.41, 5.74) is 0.852. The van der Waals surface area contributed by atoms with E-state index in [0.717, 1.165) is 47.1 Å². The quantitative estimate of drug-likeness (QED) is 0.791. The summed E-state index contributed by atoms with van der Waals surface area (Å²) in [6.07, 6.45) is 3.92. The molecule has 0 amide bonds. The van der Waals surface area contributed by atoms with Crippen molar-refractivity contribution in [2.75, 3.05) is 23.3 Å². The summed E-state index contributed by atoms with van der Waals surface area (Å²) < 4.78 is 14.1. The van der Waals surface area contributed by atoms with E-state index in [9.17, 15) is 4.39 Å². The van der Waals surface area contributed by atoms with E-state index in [4.69, 9.17) is 0 Å². The highest BCUT2D eigenvalue weighted by molar-refractivity contribution is 7.22. The van der Waals surface area contributed by atoms with Crippen LogP contribution in [-0.2, 0) is 0 Å². The van der Waals surface area contributed by atoms with Crippen molar-refractivity contribution >= 4 is 32.5 Å². The van der Waals surface area contributed by atoms with E-state index in [1.165, 1.54) is 17.4 Å². The minimum atomic E-state index is -0.212. The van der Waals surface area contributed by atoms with Crippen LogP contribution in [0.4, 0.5) is 15.3 Å². The van der Waals surface area contributed by atoms with Crippen molar-refractivity contribution in [2.24, 2.45) is 0 Å². The summed E-state index contributed by atoms with van der Waals surface area (Å²) in [6.45, 7) is 1.96. The summed E-state index contributed by atoms with van der Waals surface area (Å²) in [5.74, 6) is 0.831. The molecule has 6 heteroatoms. The maximum Gasteiger partial charge on any atom is 0.184 e. The van der Waals surface area contributed by atoms with Gasteiger partial charge in [-0.3, -0.25) is 0 Å². The van der Waals surface area contributed by atoms with Gasteiger partial charge in [-0.15, -0.1) is 0 Å². The minimum Gasteiger partial charge on any atom is -0.359 e. The molecule has 1 N–H and O–H groups in total. The van der Waals surface area contributed by atoms with Crippen LogP contribution in [0.25, 0.3) is 10.2 Å². The smallest absolute Gasteiger partial charge is 0.184 e. The Balaban J connectivity index is 1.40. The molecule has 0 spiro atoms. The molecular formula is C17H17FN4S. The van der Waals surface area contributed by atoms with Crippen molar-refractivity contribution in [3.8, 4) is 0 Å². The predicted octanol–water partition coefficient (Wildman–Crippen LogP) is 3.91. The van der Waals surface area contributed by atoms with E-state index in [2.05, 4.69) is 26.3 Å². The van der Waals surface area contributed by atoms with Crippen molar-refractivity contribution < 1.29 is 4.39 Å². The fourth-order valence-electron chi connectivity index (χ4n) is 2.93. The third-order valence-electron chi connectivity index (χ3n) is 4.15. The molecule has 23 heavy (non-hydrogen) atoms. The number of hydrogen-bond donors (Lipinski definition) is 1. The second-order valence-electron chi connectivity index (χ2n) is 5.72. The van der Waals surface area contributed by atoms with Gasteiger partial charge in [-0.2, -0.15) is 0 Å². The van der Waals surface area contributed by atoms with Crippen molar-refractivity contribution in [3.05, 3.63) is 48.4 Å². The monoisotopic (exact) mass is 328 g/mol. The largest absolute Gasteiger partial charge is 0.359 e. The first-order valence-electron chi connectivity index (χ1n) is 7.76. The highest BCUT2D eigenvalue weighted by atomic mass is 32.1. The van der Waals surface area contributed by atoms with Gasteiger partial charge in [0.25, 0.3) is 0 Å². The molecule has 4 rings (SSSR count). The molecule has 2 aromatic heterocycles. The number of nitrogens with zero attached hydrogens (tertiary/aromatic N) is 3. The molecule has 0 unspecified atom stereocenters. The van der Waals surface area contributed by atoms with Gasteiger partial charge in [0, 0.05) is 25.3 Å². The lowest BCUT2D eigenvalue weighted by Crippen LogP contribution is -2.39. The second kappa shape index (κ2) is 6.12. The SMILES string of the molecule is Fc1ccc2nc(NC3CCN(c4ccccn4)CC3)sc2c1. The van der Waals surface area contributed by atoms with E-state index in [1.54, 1.807) is 12.1 Å². The Hall–Kier alpha value is -2.21. The zero-order valence-corrected chi connectivity index (χ0v) is 13.4. The molecule has 0 bridgehead atoms. The van der Waals surface area contributed by atoms with Gasteiger partial charge in [-0.05, 0) is 43.2 Å². The predicted molar refractivity (Wildman–Crippen MR) is 92.7 cm³/mol. The molecule has 1 aromatic carbocycles. The van der Waals surface area contributed by atoms with E-state index in [0.29, 0.717) is 6.04 Å². The van der Waals surface area contributed by atoms with Gasteiger partial charge >= 0.3 is 0 Å². The van der Waals surface area contributed by atoms with Crippen LogP contribution in [0.3, 0.4) is 0 Å². The van der Waals surface area contributed by atoms with Crippen LogP contribution >= 0.6 is 11.3 Å². The first-order chi connectivity index (χ1) is 11.3. The molecule has 0 atom stereocenters. The zero-order chi connectivity index (χ0) is 15.6. The number of aromatic nitrogens is 2. The highest BCUT2D eigenvalue weighted by Gasteiger charge is 2.20. The maximum absolute atomic E-state index is 13.3. The molecule has 0 saturated carbocycles. The van der Waals surface area contributed by atoms with Crippen LogP contribution in [-0.4, -0.2) is 29.1 Å². The lowest BCUT2D eigenvalue weighted by Gasteiger charge is -2.33. The average molecular weight is 328 g/mol. The number of hydrogen-bond acceptors (Lipinski definition) is 5. The Bertz CT molecular complexity index is 797. The molecule has 4 nitrogen and oxygen atoms in total. The number of benzene rings is 1. The molecular weight excluding hydrogens is 311 g/mol. The fourth-order valence-corrected chi connectivity index (χ4v) is 3.90. The van der Waals surface area contributed by atoms with Gasteiger partial charge in [0.1, 0.15) is 11.6 Å². The van der Waals surface area contributed by atoms with Gasteiger partial charge < -0.3 is 10.2 Å². The second-order valence-corrected chi connectivity index (χ2v) is 6.76. The van der Waals surface area contributed by atoms with Crippen molar-refractivity contribution in [2.45, 2.75) is 18.9 Å². The molecule has 1 aliphatic rings. The average Bonchev–Trinajstić information content (AvgIpc) is 2.97. The standard InChI is InChI=1S/C17H17FN4S/c18-12-4-5-14-15(11-12)23-17(21-14)20-13-6-9-22(10-7-13)16-3-1-2-8-19-16/h1-5,8,11,13H,6-7,9-10H2,(H,20,21). The van der Waals surface area contributed by atoms with Crippen LogP contribution < -0.4 is 10.2 Å². The number of nitrogens with one attached hydrogen (secondary N) is 1. The van der Waals surface area contributed by atoms with Crippen LogP contribution in [0, 0.1) is 5.82 Å².